The van der Waals surface area contributed by atoms with Crippen LogP contribution in [0.1, 0.15) is 39.1 Å². The number of hydrogen-bond donors (Lipinski definition) is 1. The summed E-state index contributed by atoms with van der Waals surface area (Å²) in [6.07, 6.45) is 1.32. The fraction of sp³-hybridized carbons (Fsp3) is 0.455. The van der Waals surface area contributed by atoms with Crippen LogP contribution in [0.15, 0.2) is 39.9 Å². The average molecular weight is 478 g/mol. The number of carbonyl (C=O) groups is 2. The van der Waals surface area contributed by atoms with Crippen LogP contribution < -0.4 is 5.32 Å². The third-order valence-electron chi connectivity index (χ3n) is 5.92. The van der Waals surface area contributed by atoms with Crippen molar-refractivity contribution in [2.45, 2.75) is 30.7 Å². The average Bonchev–Trinajstić information content (AvgIpc) is 3.35. The molecule has 32 heavy (non-hydrogen) atoms. The van der Waals surface area contributed by atoms with Crippen molar-refractivity contribution in [2.24, 2.45) is 0 Å². The number of rotatable bonds is 5. The molecule has 0 bridgehead atoms. The van der Waals surface area contributed by atoms with Gasteiger partial charge in [-0.15, -0.1) is 0 Å². The van der Waals surface area contributed by atoms with E-state index < -0.39 is 10.0 Å². The first-order chi connectivity index (χ1) is 15.4. The minimum Gasteiger partial charge on any atom is -0.379 e. The number of sulfonamides is 1. The second-order valence-electron chi connectivity index (χ2n) is 8.05. The van der Waals surface area contributed by atoms with Crippen molar-refractivity contribution in [3.05, 3.63) is 51.7 Å². The summed E-state index contributed by atoms with van der Waals surface area (Å²) in [7, 11) is -3.69. The van der Waals surface area contributed by atoms with Crippen LogP contribution in [0.4, 0.5) is 0 Å². The first-order valence-electron chi connectivity index (χ1n) is 10.7. The molecule has 1 aromatic heterocycles. The van der Waals surface area contributed by atoms with Gasteiger partial charge in [0.05, 0.1) is 18.1 Å². The Hall–Kier alpha value is -2.27. The van der Waals surface area contributed by atoms with Gasteiger partial charge in [0.1, 0.15) is 0 Å². The number of carbonyl (C=O) groups excluding carboxylic acids is 2. The number of likely N-dealkylation sites (tertiary alicyclic amines) is 1. The topological polar surface area (TPSA) is 96.0 Å². The fourth-order valence-electron chi connectivity index (χ4n) is 4.01. The molecule has 0 unspecified atom stereocenters. The lowest BCUT2D eigenvalue weighted by Gasteiger charge is -2.32. The van der Waals surface area contributed by atoms with Gasteiger partial charge in [0, 0.05) is 48.7 Å². The van der Waals surface area contributed by atoms with Crippen molar-refractivity contribution >= 4 is 33.2 Å². The molecule has 0 saturated carbocycles. The number of thiophene rings is 1. The van der Waals surface area contributed by atoms with Gasteiger partial charge >= 0.3 is 0 Å². The summed E-state index contributed by atoms with van der Waals surface area (Å²) in [6, 6.07) is 6.67. The summed E-state index contributed by atoms with van der Waals surface area (Å²) in [5, 5.41) is 6.71. The number of hydrogen-bond acceptors (Lipinski definition) is 6. The van der Waals surface area contributed by atoms with E-state index in [2.05, 4.69) is 5.32 Å². The number of morpholine rings is 1. The second kappa shape index (κ2) is 9.70. The zero-order valence-corrected chi connectivity index (χ0v) is 19.6. The number of piperidine rings is 1. The molecule has 8 nitrogen and oxygen atoms in total. The van der Waals surface area contributed by atoms with Gasteiger partial charge in [-0.25, -0.2) is 8.42 Å². The molecule has 172 valence electrons. The third kappa shape index (κ3) is 4.88. The predicted octanol–water partition coefficient (Wildman–Crippen LogP) is 2.11. The lowest BCUT2D eigenvalue weighted by Crippen LogP contribution is -2.46. The molecule has 0 radical (unpaired) electrons. The van der Waals surface area contributed by atoms with Crippen molar-refractivity contribution in [2.75, 3.05) is 39.4 Å². The molecule has 2 aliphatic rings. The van der Waals surface area contributed by atoms with Gasteiger partial charge in [-0.1, -0.05) is 6.07 Å². The van der Waals surface area contributed by atoms with Crippen LogP contribution in [0, 0.1) is 6.92 Å². The first-order valence-corrected chi connectivity index (χ1v) is 13.1. The normalized spacial score (nSPS) is 18.5. The monoisotopic (exact) mass is 477 g/mol. The highest BCUT2D eigenvalue weighted by atomic mass is 32.2. The minimum absolute atomic E-state index is 0.0155. The van der Waals surface area contributed by atoms with Crippen molar-refractivity contribution in [1.29, 1.82) is 0 Å². The summed E-state index contributed by atoms with van der Waals surface area (Å²) in [5.74, 6) is -0.279. The Morgan fingerprint density at radius 2 is 1.78 bits per heavy atom. The minimum atomic E-state index is -3.69. The van der Waals surface area contributed by atoms with E-state index in [0.29, 0.717) is 68.9 Å². The molecule has 2 amide bonds. The standard InChI is InChI=1S/C22H27N3O5S2/c1-16-2-3-17(14-20(16)32(28,29)25-9-11-30-12-10-25)22(27)24-7-4-19(5-8-24)23-21(26)18-6-13-31-15-18/h2-3,6,13-15,19H,4-5,7-12H2,1H3,(H,23,26). The van der Waals surface area contributed by atoms with Crippen molar-refractivity contribution in [3.8, 4) is 0 Å². The molecular weight excluding hydrogens is 450 g/mol. The van der Waals surface area contributed by atoms with Gasteiger partial charge in [0.25, 0.3) is 11.8 Å². The quantitative estimate of drug-likeness (QED) is 0.712. The highest BCUT2D eigenvalue weighted by Crippen LogP contribution is 2.24. The molecule has 0 atom stereocenters. The number of benzene rings is 1. The van der Waals surface area contributed by atoms with Crippen molar-refractivity contribution < 1.29 is 22.7 Å². The van der Waals surface area contributed by atoms with Crippen molar-refractivity contribution in [3.63, 3.8) is 0 Å². The van der Waals surface area contributed by atoms with E-state index in [4.69, 9.17) is 4.74 Å². The molecule has 1 N–H and O–H groups in total. The lowest BCUT2D eigenvalue weighted by atomic mass is 10.0. The SMILES string of the molecule is Cc1ccc(C(=O)N2CCC(NC(=O)c3ccsc3)CC2)cc1S(=O)(=O)N1CCOCC1. The van der Waals surface area contributed by atoms with Gasteiger partial charge in [0.2, 0.25) is 10.0 Å². The Kier molecular flexibility index (Phi) is 6.94. The zero-order chi connectivity index (χ0) is 22.7. The molecule has 2 aromatic rings. The number of amides is 2. The largest absolute Gasteiger partial charge is 0.379 e. The summed E-state index contributed by atoms with van der Waals surface area (Å²) in [5.41, 5.74) is 1.63. The van der Waals surface area contributed by atoms with Gasteiger partial charge in [-0.05, 0) is 48.9 Å². The maximum Gasteiger partial charge on any atom is 0.253 e. The Morgan fingerprint density at radius 3 is 2.44 bits per heavy atom. The van der Waals surface area contributed by atoms with Gasteiger partial charge in [-0.2, -0.15) is 15.6 Å². The van der Waals surface area contributed by atoms with Crippen LogP contribution in [-0.2, 0) is 14.8 Å². The van der Waals surface area contributed by atoms with Gasteiger partial charge in [-0.3, -0.25) is 9.59 Å². The van der Waals surface area contributed by atoms with E-state index in [0.717, 1.165) is 0 Å². The third-order valence-corrected chi connectivity index (χ3v) is 8.65. The van der Waals surface area contributed by atoms with Crippen LogP contribution in [0.2, 0.25) is 0 Å². The molecule has 0 aliphatic carbocycles. The number of nitrogens with one attached hydrogen (secondary N) is 1. The second-order valence-corrected chi connectivity index (χ2v) is 10.7. The highest BCUT2D eigenvalue weighted by Gasteiger charge is 2.30. The number of ether oxygens (including phenoxy) is 1. The lowest BCUT2D eigenvalue weighted by molar-refractivity contribution is 0.0697. The number of nitrogens with zero attached hydrogens (tertiary/aromatic N) is 2. The smallest absolute Gasteiger partial charge is 0.253 e. The van der Waals surface area contributed by atoms with Gasteiger partial charge < -0.3 is 15.0 Å². The maximum atomic E-state index is 13.1. The molecule has 2 fully saturated rings. The zero-order valence-electron chi connectivity index (χ0n) is 18.0. The predicted molar refractivity (Wildman–Crippen MR) is 121 cm³/mol. The van der Waals surface area contributed by atoms with E-state index in [1.807, 2.05) is 10.8 Å². The molecule has 3 heterocycles. The Labute approximate surface area is 192 Å². The van der Waals surface area contributed by atoms with E-state index in [1.54, 1.807) is 30.0 Å². The summed E-state index contributed by atoms with van der Waals surface area (Å²) < 4.78 is 32.9. The van der Waals surface area contributed by atoms with Crippen LogP contribution >= 0.6 is 11.3 Å². The van der Waals surface area contributed by atoms with E-state index in [-0.39, 0.29) is 22.8 Å². The maximum absolute atomic E-state index is 13.1. The van der Waals surface area contributed by atoms with E-state index in [9.17, 15) is 18.0 Å². The van der Waals surface area contributed by atoms with Crippen molar-refractivity contribution in [1.82, 2.24) is 14.5 Å². The molecule has 10 heteroatoms. The molecule has 2 saturated heterocycles. The molecule has 4 rings (SSSR count). The number of aryl methyl sites for hydroxylation is 1. The van der Waals surface area contributed by atoms with Crippen LogP contribution in [0.5, 0.6) is 0 Å². The van der Waals surface area contributed by atoms with E-state index in [1.165, 1.54) is 21.7 Å². The Morgan fingerprint density at radius 1 is 1.06 bits per heavy atom. The molecular formula is C22H27N3O5S2. The summed E-state index contributed by atoms with van der Waals surface area (Å²) in [4.78, 5) is 27.2. The highest BCUT2D eigenvalue weighted by molar-refractivity contribution is 7.89. The first kappa shape index (κ1) is 22.9. The Bertz CT molecular complexity index is 1070. The molecule has 0 spiro atoms. The summed E-state index contributed by atoms with van der Waals surface area (Å²) in [6.45, 7) is 4.11. The van der Waals surface area contributed by atoms with Gasteiger partial charge in [0.15, 0.2) is 0 Å². The van der Waals surface area contributed by atoms with Crippen LogP contribution in [-0.4, -0.2) is 74.9 Å². The van der Waals surface area contributed by atoms with Crippen LogP contribution in [0.25, 0.3) is 0 Å². The summed E-state index contributed by atoms with van der Waals surface area (Å²) >= 11 is 1.48. The van der Waals surface area contributed by atoms with E-state index >= 15 is 0 Å². The Balaban J connectivity index is 1.42. The molecule has 2 aliphatic heterocycles. The molecule has 1 aromatic carbocycles. The van der Waals surface area contributed by atoms with Crippen LogP contribution in [0.3, 0.4) is 0 Å². The fourth-order valence-corrected chi connectivity index (χ4v) is 6.30.